The Hall–Kier alpha value is -1.84. The van der Waals surface area contributed by atoms with E-state index in [-0.39, 0.29) is 10.8 Å². The molecule has 3 rings (SSSR count). The van der Waals surface area contributed by atoms with Crippen LogP contribution in [0.3, 0.4) is 0 Å². The predicted octanol–water partition coefficient (Wildman–Crippen LogP) is 6.24. The number of rotatable bonds is 14. The summed E-state index contributed by atoms with van der Waals surface area (Å²) in [5.74, 6) is -1.20. The van der Waals surface area contributed by atoms with Crippen molar-refractivity contribution >= 4 is 11.9 Å². The molecule has 30 heavy (non-hydrogen) atoms. The van der Waals surface area contributed by atoms with Crippen LogP contribution < -0.4 is 0 Å². The molecule has 0 aromatic heterocycles. The molecule has 2 aliphatic carbocycles. The Balaban J connectivity index is 1.43. The second-order valence-electron chi connectivity index (χ2n) is 10.0. The molecule has 0 heterocycles. The normalized spacial score (nSPS) is 18.2. The number of carboxylic acids is 2. The number of hydrogen-bond donors (Lipinski definition) is 2. The van der Waals surface area contributed by atoms with Gasteiger partial charge < -0.3 is 10.2 Å². The molecule has 0 aliphatic heterocycles. The van der Waals surface area contributed by atoms with Gasteiger partial charge in [-0.05, 0) is 94.7 Å². The molecular weight excluding hydrogens is 376 g/mol. The fraction of sp³-hybridized carbons (Fsp3) is 0.692. The van der Waals surface area contributed by atoms with E-state index in [4.69, 9.17) is 0 Å². The van der Waals surface area contributed by atoms with Crippen LogP contribution in [0.15, 0.2) is 12.1 Å². The molecule has 2 fully saturated rings. The molecule has 0 amide bonds. The van der Waals surface area contributed by atoms with Crippen LogP contribution in [0.5, 0.6) is 0 Å². The zero-order chi connectivity index (χ0) is 21.8. The van der Waals surface area contributed by atoms with Gasteiger partial charge in [0.05, 0.1) is 10.8 Å². The van der Waals surface area contributed by atoms with Gasteiger partial charge in [-0.2, -0.15) is 0 Å². The van der Waals surface area contributed by atoms with Gasteiger partial charge in [0.15, 0.2) is 0 Å². The zero-order valence-corrected chi connectivity index (χ0v) is 18.8. The SMILES string of the molecule is Cc1cc(C)c(CCCCCC2(C(=O)O)CC2)c(CCCCCC2(C(=O)O)CC2)c1. The van der Waals surface area contributed by atoms with Crippen molar-refractivity contribution in [1.29, 1.82) is 0 Å². The smallest absolute Gasteiger partial charge is 0.309 e. The molecule has 4 nitrogen and oxygen atoms in total. The summed E-state index contributed by atoms with van der Waals surface area (Å²) in [5, 5.41) is 18.6. The fourth-order valence-electron chi connectivity index (χ4n) is 5.01. The van der Waals surface area contributed by atoms with Crippen molar-refractivity contribution in [2.75, 3.05) is 0 Å². The van der Waals surface area contributed by atoms with Crippen LogP contribution in [0.4, 0.5) is 0 Å². The van der Waals surface area contributed by atoms with Crippen LogP contribution in [0.1, 0.15) is 99.3 Å². The lowest BCUT2D eigenvalue weighted by Crippen LogP contribution is -2.14. The standard InChI is InChI=1S/C26H38O4/c1-19-17-20(2)22(10-6-4-8-12-26(15-16-26)24(29)30)21(18-19)9-5-3-7-11-25(13-14-25)23(27)28/h17-18H,3-16H2,1-2H3,(H,27,28)(H,29,30). The Morgan fingerprint density at radius 1 is 0.767 bits per heavy atom. The Labute approximate surface area is 181 Å². The number of aliphatic carboxylic acids is 2. The van der Waals surface area contributed by atoms with E-state index >= 15 is 0 Å². The molecular formula is C26H38O4. The van der Waals surface area contributed by atoms with E-state index in [1.165, 1.54) is 22.3 Å². The third-order valence-corrected chi connectivity index (χ3v) is 7.51. The third-order valence-electron chi connectivity index (χ3n) is 7.51. The lowest BCUT2D eigenvalue weighted by molar-refractivity contribution is -0.144. The van der Waals surface area contributed by atoms with Gasteiger partial charge >= 0.3 is 11.9 Å². The molecule has 2 N–H and O–H groups in total. The van der Waals surface area contributed by atoms with E-state index in [1.54, 1.807) is 0 Å². The molecule has 0 unspecified atom stereocenters. The fourth-order valence-corrected chi connectivity index (χ4v) is 5.01. The Kier molecular flexibility index (Phi) is 7.26. The maximum Gasteiger partial charge on any atom is 0.309 e. The van der Waals surface area contributed by atoms with E-state index in [2.05, 4.69) is 26.0 Å². The van der Waals surface area contributed by atoms with E-state index < -0.39 is 11.9 Å². The first-order valence-corrected chi connectivity index (χ1v) is 11.8. The van der Waals surface area contributed by atoms with Gasteiger partial charge in [0.2, 0.25) is 0 Å². The first-order valence-electron chi connectivity index (χ1n) is 11.8. The van der Waals surface area contributed by atoms with Crippen molar-refractivity contribution in [1.82, 2.24) is 0 Å². The van der Waals surface area contributed by atoms with Crippen molar-refractivity contribution in [2.24, 2.45) is 10.8 Å². The minimum Gasteiger partial charge on any atom is -0.481 e. The van der Waals surface area contributed by atoms with Crippen molar-refractivity contribution in [3.63, 3.8) is 0 Å². The maximum absolute atomic E-state index is 11.3. The Bertz CT molecular complexity index is 771. The zero-order valence-electron chi connectivity index (χ0n) is 18.8. The lowest BCUT2D eigenvalue weighted by Gasteiger charge is -2.15. The molecule has 0 spiro atoms. The Morgan fingerprint density at radius 2 is 1.27 bits per heavy atom. The molecule has 0 saturated heterocycles. The highest BCUT2D eigenvalue weighted by Gasteiger charge is 2.49. The van der Waals surface area contributed by atoms with Gasteiger partial charge in [0.25, 0.3) is 0 Å². The van der Waals surface area contributed by atoms with Gasteiger partial charge in [-0.1, -0.05) is 43.4 Å². The predicted molar refractivity (Wildman–Crippen MR) is 119 cm³/mol. The summed E-state index contributed by atoms with van der Waals surface area (Å²) in [6.45, 7) is 4.37. The highest BCUT2D eigenvalue weighted by Crippen LogP contribution is 2.50. The van der Waals surface area contributed by atoms with Gasteiger partial charge in [0, 0.05) is 0 Å². The molecule has 4 heteroatoms. The molecule has 0 atom stereocenters. The number of unbranched alkanes of at least 4 members (excludes halogenated alkanes) is 4. The highest BCUT2D eigenvalue weighted by atomic mass is 16.4. The minimum atomic E-state index is -0.602. The monoisotopic (exact) mass is 414 g/mol. The lowest BCUT2D eigenvalue weighted by atomic mass is 9.90. The van der Waals surface area contributed by atoms with E-state index in [0.717, 1.165) is 89.9 Å². The van der Waals surface area contributed by atoms with Crippen LogP contribution in [-0.4, -0.2) is 22.2 Å². The second-order valence-corrected chi connectivity index (χ2v) is 10.0. The van der Waals surface area contributed by atoms with E-state index in [0.29, 0.717) is 0 Å². The van der Waals surface area contributed by atoms with Crippen LogP contribution in [0.2, 0.25) is 0 Å². The van der Waals surface area contributed by atoms with E-state index in [1.807, 2.05) is 0 Å². The maximum atomic E-state index is 11.3. The summed E-state index contributed by atoms with van der Waals surface area (Å²) in [4.78, 5) is 22.6. The minimum absolute atomic E-state index is 0.384. The van der Waals surface area contributed by atoms with Crippen LogP contribution in [-0.2, 0) is 22.4 Å². The van der Waals surface area contributed by atoms with Crippen molar-refractivity contribution in [2.45, 2.75) is 104 Å². The topological polar surface area (TPSA) is 74.6 Å². The summed E-state index contributed by atoms with van der Waals surface area (Å²) in [6.07, 6.45) is 13.7. The summed E-state index contributed by atoms with van der Waals surface area (Å²) < 4.78 is 0. The highest BCUT2D eigenvalue weighted by molar-refractivity contribution is 5.78. The second kappa shape index (κ2) is 9.53. The molecule has 1 aromatic carbocycles. The average Bonchev–Trinajstić information content (AvgIpc) is 3.58. The first kappa shape index (κ1) is 22.8. The van der Waals surface area contributed by atoms with Crippen molar-refractivity contribution in [3.8, 4) is 0 Å². The largest absolute Gasteiger partial charge is 0.481 e. The van der Waals surface area contributed by atoms with Crippen LogP contribution in [0.25, 0.3) is 0 Å². The number of carbonyl (C=O) groups is 2. The van der Waals surface area contributed by atoms with Crippen LogP contribution in [0, 0.1) is 24.7 Å². The molecule has 0 radical (unpaired) electrons. The van der Waals surface area contributed by atoms with Gasteiger partial charge in [-0.3, -0.25) is 9.59 Å². The molecule has 1 aromatic rings. The van der Waals surface area contributed by atoms with Crippen molar-refractivity contribution < 1.29 is 19.8 Å². The molecule has 166 valence electrons. The van der Waals surface area contributed by atoms with E-state index in [9.17, 15) is 19.8 Å². The molecule has 2 saturated carbocycles. The number of carboxylic acid groups (broad SMARTS) is 2. The molecule has 0 bridgehead atoms. The van der Waals surface area contributed by atoms with Gasteiger partial charge in [-0.25, -0.2) is 0 Å². The van der Waals surface area contributed by atoms with Crippen molar-refractivity contribution in [3.05, 3.63) is 34.4 Å². The quantitative estimate of drug-likeness (QED) is 0.353. The Morgan fingerprint density at radius 3 is 1.73 bits per heavy atom. The van der Waals surface area contributed by atoms with Gasteiger partial charge in [-0.15, -0.1) is 0 Å². The average molecular weight is 415 g/mol. The van der Waals surface area contributed by atoms with Crippen LogP contribution >= 0.6 is 0 Å². The number of benzene rings is 1. The molecule has 2 aliphatic rings. The summed E-state index contributed by atoms with van der Waals surface area (Å²) >= 11 is 0. The third kappa shape index (κ3) is 5.65. The summed E-state index contributed by atoms with van der Waals surface area (Å²) in [5.41, 5.74) is 4.85. The first-order chi connectivity index (χ1) is 14.3. The summed E-state index contributed by atoms with van der Waals surface area (Å²) in [6, 6.07) is 4.59. The number of hydrogen-bond acceptors (Lipinski definition) is 2. The summed E-state index contributed by atoms with van der Waals surface area (Å²) in [7, 11) is 0. The number of aryl methyl sites for hydroxylation is 3. The van der Waals surface area contributed by atoms with Gasteiger partial charge in [0.1, 0.15) is 0 Å².